The maximum atomic E-state index is 12.5. The molecule has 2 aromatic heterocycles. The number of nitrogens with zero attached hydrogens (tertiary/aromatic N) is 5. The summed E-state index contributed by atoms with van der Waals surface area (Å²) in [4.78, 5) is 34.3. The predicted molar refractivity (Wildman–Crippen MR) is 127 cm³/mol. The Morgan fingerprint density at radius 2 is 1.97 bits per heavy atom. The molecule has 1 aliphatic rings. The molecular weight excluding hydrogens is 515 g/mol. The second-order valence-electron chi connectivity index (χ2n) is 7.51. The normalized spacial score (nSPS) is 15.6. The van der Waals surface area contributed by atoms with E-state index in [9.17, 15) is 9.59 Å². The lowest BCUT2D eigenvalue weighted by molar-refractivity contribution is -0.117. The summed E-state index contributed by atoms with van der Waals surface area (Å²) in [6.45, 7) is 7.56. The average Bonchev–Trinajstić information content (AvgIpc) is 3.23. The Labute approximate surface area is 192 Å². The topological polar surface area (TPSA) is 83.4 Å². The van der Waals surface area contributed by atoms with Crippen LogP contribution in [0.1, 0.15) is 17.4 Å². The second-order valence-corrected chi connectivity index (χ2v) is 9.54. The van der Waals surface area contributed by atoms with Crippen molar-refractivity contribution in [1.29, 1.82) is 0 Å². The summed E-state index contributed by atoms with van der Waals surface area (Å²) in [6, 6.07) is 5.94. The zero-order valence-electron chi connectivity index (χ0n) is 17.1. The molecular formula is C20H23IN6O2S. The molecule has 8 nitrogen and oxygen atoms in total. The number of carbonyl (C=O) groups excluding carboxylic acids is 2. The molecule has 1 aromatic carbocycles. The number of thiazole rings is 1. The molecule has 10 heteroatoms. The number of fused-ring (bicyclic) bond motifs is 1. The van der Waals surface area contributed by atoms with Crippen LogP contribution in [0.4, 0.5) is 5.13 Å². The molecule has 0 aliphatic carbocycles. The van der Waals surface area contributed by atoms with Gasteiger partial charge in [-0.05, 0) is 54.3 Å². The fourth-order valence-electron chi connectivity index (χ4n) is 3.54. The molecule has 30 heavy (non-hydrogen) atoms. The van der Waals surface area contributed by atoms with Gasteiger partial charge in [-0.2, -0.15) is 9.78 Å². The minimum absolute atomic E-state index is 0.0421. The maximum Gasteiger partial charge on any atom is 0.244 e. The van der Waals surface area contributed by atoms with Crippen LogP contribution < -0.4 is 5.32 Å². The van der Waals surface area contributed by atoms with Gasteiger partial charge >= 0.3 is 0 Å². The fourth-order valence-corrected chi connectivity index (χ4v) is 5.19. The van der Waals surface area contributed by atoms with E-state index in [-0.39, 0.29) is 11.8 Å². The summed E-state index contributed by atoms with van der Waals surface area (Å²) in [5.41, 5.74) is 2.58. The molecule has 1 amide bonds. The number of rotatable bonds is 4. The minimum Gasteiger partial charge on any atom is -0.304 e. The van der Waals surface area contributed by atoms with Gasteiger partial charge in [0.15, 0.2) is 5.13 Å². The third kappa shape index (κ3) is 4.41. The van der Waals surface area contributed by atoms with Crippen LogP contribution in [-0.2, 0) is 4.79 Å². The highest BCUT2D eigenvalue weighted by Crippen LogP contribution is 2.35. The van der Waals surface area contributed by atoms with E-state index in [4.69, 9.17) is 0 Å². The number of piperazine rings is 1. The molecule has 1 saturated heterocycles. The monoisotopic (exact) mass is 538 g/mol. The number of anilines is 1. The lowest BCUT2D eigenvalue weighted by Gasteiger charge is -2.31. The van der Waals surface area contributed by atoms with Crippen LogP contribution in [0.25, 0.3) is 21.3 Å². The zero-order chi connectivity index (χ0) is 21.4. The highest BCUT2D eigenvalue weighted by Gasteiger charge is 2.19. The molecule has 158 valence electrons. The minimum atomic E-state index is -0.127. The van der Waals surface area contributed by atoms with Crippen LogP contribution in [0.5, 0.6) is 0 Å². The molecule has 0 unspecified atom stereocenters. The summed E-state index contributed by atoms with van der Waals surface area (Å²) in [5.74, 6) is -0.169. The van der Waals surface area contributed by atoms with Crippen LogP contribution >= 0.6 is 33.9 Å². The molecule has 0 radical (unpaired) electrons. The third-order valence-electron chi connectivity index (χ3n) is 5.20. The SMILES string of the molecule is CC(=O)n1nc(I)c2ccc(-c3sc(NC(=O)CN4CCN(C)CC4)nc3C)cc21. The molecule has 0 bridgehead atoms. The van der Waals surface area contributed by atoms with E-state index in [1.54, 1.807) is 0 Å². The van der Waals surface area contributed by atoms with Crippen molar-refractivity contribution in [3.63, 3.8) is 0 Å². The first-order valence-electron chi connectivity index (χ1n) is 9.69. The van der Waals surface area contributed by atoms with Gasteiger partial charge in [-0.15, -0.1) is 0 Å². The summed E-state index contributed by atoms with van der Waals surface area (Å²) >= 11 is 3.58. The number of hydrogen-bond donors (Lipinski definition) is 1. The van der Waals surface area contributed by atoms with Gasteiger partial charge in [-0.3, -0.25) is 14.5 Å². The highest BCUT2D eigenvalue weighted by atomic mass is 127. The molecule has 3 aromatic rings. The molecule has 0 spiro atoms. The summed E-state index contributed by atoms with van der Waals surface area (Å²) < 4.78 is 2.22. The van der Waals surface area contributed by atoms with Crippen molar-refractivity contribution in [2.24, 2.45) is 0 Å². The number of hydrogen-bond acceptors (Lipinski definition) is 7. The quantitative estimate of drug-likeness (QED) is 0.515. The maximum absolute atomic E-state index is 12.5. The van der Waals surface area contributed by atoms with Crippen molar-refractivity contribution >= 4 is 61.8 Å². The Bertz CT molecular complexity index is 1120. The van der Waals surface area contributed by atoms with Gasteiger partial charge in [-0.25, -0.2) is 4.98 Å². The lowest BCUT2D eigenvalue weighted by Crippen LogP contribution is -2.47. The molecule has 1 fully saturated rings. The Morgan fingerprint density at radius 3 is 2.67 bits per heavy atom. The molecule has 4 rings (SSSR count). The van der Waals surface area contributed by atoms with E-state index in [2.05, 4.69) is 54.8 Å². The van der Waals surface area contributed by atoms with E-state index in [1.807, 2.05) is 25.1 Å². The lowest BCUT2D eigenvalue weighted by atomic mass is 10.1. The Balaban J connectivity index is 1.53. The van der Waals surface area contributed by atoms with E-state index < -0.39 is 0 Å². The standard InChI is InChI=1S/C20H23IN6O2S/c1-12-18(14-4-5-15-16(10-14)27(13(2)28)24-19(15)21)30-20(22-12)23-17(29)11-26-8-6-25(3)7-9-26/h4-5,10H,6-9,11H2,1-3H3,(H,22,23,29). The van der Waals surface area contributed by atoms with E-state index >= 15 is 0 Å². The summed E-state index contributed by atoms with van der Waals surface area (Å²) in [6.07, 6.45) is 0. The van der Waals surface area contributed by atoms with Gasteiger partial charge in [0.1, 0.15) is 3.70 Å². The first-order valence-corrected chi connectivity index (χ1v) is 11.6. The Kier molecular flexibility index (Phi) is 6.19. The van der Waals surface area contributed by atoms with Gasteiger partial charge in [-0.1, -0.05) is 17.4 Å². The summed E-state index contributed by atoms with van der Waals surface area (Å²) in [5, 5.41) is 8.81. The van der Waals surface area contributed by atoms with Gasteiger partial charge in [0.05, 0.1) is 22.6 Å². The van der Waals surface area contributed by atoms with Crippen LogP contribution in [0.3, 0.4) is 0 Å². The molecule has 3 heterocycles. The van der Waals surface area contributed by atoms with Gasteiger partial charge < -0.3 is 10.2 Å². The number of likely N-dealkylation sites (N-methyl/N-ethyl adjacent to an activating group) is 1. The van der Waals surface area contributed by atoms with Crippen molar-refractivity contribution < 1.29 is 9.59 Å². The van der Waals surface area contributed by atoms with Gasteiger partial charge in [0, 0.05) is 38.5 Å². The first kappa shape index (κ1) is 21.3. The third-order valence-corrected chi connectivity index (χ3v) is 7.12. The molecule has 1 N–H and O–H groups in total. The number of amides is 1. The Morgan fingerprint density at radius 1 is 1.23 bits per heavy atom. The largest absolute Gasteiger partial charge is 0.304 e. The van der Waals surface area contributed by atoms with Crippen LogP contribution in [0.15, 0.2) is 18.2 Å². The van der Waals surface area contributed by atoms with Crippen molar-refractivity contribution in [3.05, 3.63) is 27.6 Å². The average molecular weight is 538 g/mol. The van der Waals surface area contributed by atoms with Crippen LogP contribution in [0.2, 0.25) is 0 Å². The van der Waals surface area contributed by atoms with Gasteiger partial charge in [0.2, 0.25) is 11.8 Å². The smallest absolute Gasteiger partial charge is 0.244 e. The second kappa shape index (κ2) is 8.69. The molecule has 1 aliphatic heterocycles. The predicted octanol–water partition coefficient (Wildman–Crippen LogP) is 2.92. The summed E-state index contributed by atoms with van der Waals surface area (Å²) in [7, 11) is 2.10. The molecule has 0 saturated carbocycles. The van der Waals surface area contributed by atoms with Crippen molar-refractivity contribution in [3.8, 4) is 10.4 Å². The van der Waals surface area contributed by atoms with Crippen LogP contribution in [-0.4, -0.2) is 76.2 Å². The van der Waals surface area contributed by atoms with Crippen molar-refractivity contribution in [2.75, 3.05) is 45.1 Å². The van der Waals surface area contributed by atoms with E-state index in [0.29, 0.717) is 11.7 Å². The van der Waals surface area contributed by atoms with Crippen molar-refractivity contribution in [2.45, 2.75) is 13.8 Å². The number of aryl methyl sites for hydroxylation is 1. The number of benzene rings is 1. The number of carbonyl (C=O) groups is 2. The highest BCUT2D eigenvalue weighted by molar-refractivity contribution is 14.1. The van der Waals surface area contributed by atoms with Gasteiger partial charge in [0.25, 0.3) is 0 Å². The zero-order valence-corrected chi connectivity index (χ0v) is 20.1. The molecule has 0 atom stereocenters. The van der Waals surface area contributed by atoms with E-state index in [0.717, 1.165) is 56.9 Å². The first-order chi connectivity index (χ1) is 14.3. The number of nitrogens with one attached hydrogen (secondary N) is 1. The fraction of sp³-hybridized carbons (Fsp3) is 0.400. The number of halogens is 1. The Hall–Kier alpha value is -1.89. The van der Waals surface area contributed by atoms with E-state index in [1.165, 1.54) is 22.9 Å². The van der Waals surface area contributed by atoms with Crippen molar-refractivity contribution in [1.82, 2.24) is 24.6 Å². The van der Waals surface area contributed by atoms with Crippen LogP contribution in [0, 0.1) is 10.6 Å². The number of aromatic nitrogens is 3.